The van der Waals surface area contributed by atoms with Crippen LogP contribution in [0.3, 0.4) is 0 Å². The van der Waals surface area contributed by atoms with Crippen LogP contribution in [-0.2, 0) is 10.4 Å². The number of carbonyl (C=O) groups excluding carboxylic acids is 1. The van der Waals surface area contributed by atoms with Gasteiger partial charge in [-0.1, -0.05) is 67.3 Å². The molecule has 0 bridgehead atoms. The lowest BCUT2D eigenvalue weighted by Crippen LogP contribution is -2.61. The number of alkyl halides is 6. The van der Waals surface area contributed by atoms with Crippen LogP contribution in [0, 0.1) is 0 Å². The minimum absolute atomic E-state index is 0.0539. The Hall–Kier alpha value is -2.98. The van der Waals surface area contributed by atoms with Crippen molar-refractivity contribution in [1.82, 2.24) is 0 Å². The van der Waals surface area contributed by atoms with Crippen molar-refractivity contribution in [2.75, 3.05) is 4.90 Å². The van der Waals surface area contributed by atoms with Gasteiger partial charge in [0.25, 0.3) is 5.60 Å². The topological polar surface area (TPSA) is 40.5 Å². The van der Waals surface area contributed by atoms with Crippen LogP contribution >= 0.6 is 11.8 Å². The highest BCUT2D eigenvalue weighted by Gasteiger charge is 2.72. The third-order valence-electron chi connectivity index (χ3n) is 7.90. The Morgan fingerprint density at radius 1 is 1.05 bits per heavy atom. The highest BCUT2D eigenvalue weighted by molar-refractivity contribution is 8.01. The number of hydrogen-bond donors (Lipinski definition) is 1. The molecule has 1 N–H and O–H groups in total. The van der Waals surface area contributed by atoms with Gasteiger partial charge in [-0.2, -0.15) is 26.3 Å². The van der Waals surface area contributed by atoms with Crippen LogP contribution in [-0.4, -0.2) is 33.7 Å². The number of aliphatic hydroxyl groups is 1. The van der Waals surface area contributed by atoms with E-state index < -0.39 is 39.7 Å². The Labute approximate surface area is 233 Å². The Kier molecular flexibility index (Phi) is 7.60. The van der Waals surface area contributed by atoms with Crippen LogP contribution in [0.1, 0.15) is 50.7 Å². The maximum atomic E-state index is 14.3. The molecule has 1 fully saturated rings. The average molecular weight is 582 g/mol. The van der Waals surface area contributed by atoms with E-state index >= 15 is 0 Å². The Morgan fingerprint density at radius 3 is 2.17 bits per heavy atom. The maximum Gasteiger partial charge on any atom is 0.430 e. The SMILES string of the molecule is C=C(/C=C\C=C/C)[C@]1(C)N(C(=O)[C@@H](C)c2ccccc2)c2ccc(C(O)(C(F)(F)F)C(F)(F)F)cc2SC12CC2. The minimum atomic E-state index is -6.02. The predicted molar refractivity (Wildman–Crippen MR) is 144 cm³/mol. The number of fused-ring (bicyclic) bond motifs is 1. The Morgan fingerprint density at radius 2 is 1.65 bits per heavy atom. The molecule has 1 amide bonds. The van der Waals surface area contributed by atoms with Crippen LogP contribution in [0.4, 0.5) is 32.0 Å². The van der Waals surface area contributed by atoms with Crippen LogP contribution < -0.4 is 4.90 Å². The number of anilines is 1. The molecule has 0 aromatic heterocycles. The molecule has 2 aliphatic rings. The standard InChI is InChI=1S/C30H29F6NO2S/c1-5-6-8-11-19(2)26(4)27(16-17-27)40-24-18-22(28(39,29(31,32)33)30(34,35)36)14-15-23(24)37(26)25(38)20(3)21-12-9-7-10-13-21/h5-15,18,20,39H,2,16-17H2,1,3-4H3/b6-5-,11-8-/t20-,26-/m0/s1. The quantitative estimate of drug-likeness (QED) is 0.276. The van der Waals surface area contributed by atoms with E-state index in [4.69, 9.17) is 0 Å². The van der Waals surface area contributed by atoms with Gasteiger partial charge in [0.1, 0.15) is 0 Å². The van der Waals surface area contributed by atoms with Gasteiger partial charge >= 0.3 is 12.4 Å². The van der Waals surface area contributed by atoms with Gasteiger partial charge in [-0.05, 0) is 56.9 Å². The fourth-order valence-corrected chi connectivity index (χ4v) is 6.85. The van der Waals surface area contributed by atoms with E-state index in [0.29, 0.717) is 36.1 Å². The number of hydrogen-bond acceptors (Lipinski definition) is 3. The number of halogens is 6. The first-order chi connectivity index (χ1) is 18.5. The van der Waals surface area contributed by atoms with E-state index in [2.05, 4.69) is 6.58 Å². The zero-order valence-electron chi connectivity index (χ0n) is 22.1. The molecule has 2 atom stereocenters. The van der Waals surface area contributed by atoms with Gasteiger partial charge in [-0.3, -0.25) is 9.69 Å². The fraction of sp³-hybridized carbons (Fsp3) is 0.367. The highest BCUT2D eigenvalue weighted by atomic mass is 32.2. The van der Waals surface area contributed by atoms with Gasteiger partial charge in [0.05, 0.1) is 17.1 Å². The van der Waals surface area contributed by atoms with Crippen molar-refractivity contribution in [2.24, 2.45) is 0 Å². The largest absolute Gasteiger partial charge is 0.430 e. The van der Waals surface area contributed by atoms with Gasteiger partial charge in [0.15, 0.2) is 0 Å². The van der Waals surface area contributed by atoms with Crippen LogP contribution in [0.5, 0.6) is 0 Å². The number of nitrogens with zero attached hydrogens (tertiary/aromatic N) is 1. The molecular weight excluding hydrogens is 552 g/mol. The van der Waals surface area contributed by atoms with Gasteiger partial charge in [-0.25, -0.2) is 0 Å². The van der Waals surface area contributed by atoms with Crippen molar-refractivity contribution in [1.29, 1.82) is 0 Å². The monoisotopic (exact) mass is 581 g/mol. The second-order valence-corrected chi connectivity index (χ2v) is 11.7. The molecule has 1 saturated carbocycles. The first-order valence-corrected chi connectivity index (χ1v) is 13.4. The van der Waals surface area contributed by atoms with Crippen molar-refractivity contribution in [3.63, 3.8) is 0 Å². The van der Waals surface area contributed by atoms with Gasteiger partial charge < -0.3 is 5.11 Å². The fourth-order valence-electron chi connectivity index (χ4n) is 5.25. The number of rotatable bonds is 6. The third-order valence-corrected chi connectivity index (χ3v) is 9.64. The van der Waals surface area contributed by atoms with E-state index in [9.17, 15) is 36.2 Å². The second-order valence-electron chi connectivity index (χ2n) is 10.3. The molecule has 0 unspecified atom stereocenters. The Balaban J connectivity index is 1.94. The molecule has 1 aliphatic heterocycles. The lowest BCUT2D eigenvalue weighted by Gasteiger charge is -2.52. The summed E-state index contributed by atoms with van der Waals surface area (Å²) >= 11 is 1.13. The molecule has 4 rings (SSSR count). The molecule has 10 heteroatoms. The first kappa shape index (κ1) is 30.0. The number of carbonyl (C=O) groups is 1. The summed E-state index contributed by atoms with van der Waals surface area (Å²) in [6.45, 7) is 9.63. The van der Waals surface area contributed by atoms with Crippen molar-refractivity contribution < 1.29 is 36.2 Å². The summed E-state index contributed by atoms with van der Waals surface area (Å²) in [6.07, 6.45) is -3.79. The highest BCUT2D eigenvalue weighted by Crippen LogP contribution is 2.67. The predicted octanol–water partition coefficient (Wildman–Crippen LogP) is 8.22. The maximum absolute atomic E-state index is 14.3. The lowest BCUT2D eigenvalue weighted by molar-refractivity contribution is -0.376. The van der Waals surface area contributed by atoms with Gasteiger partial charge in [0, 0.05) is 15.2 Å². The van der Waals surface area contributed by atoms with Gasteiger partial charge in [-0.15, -0.1) is 11.8 Å². The molecule has 40 heavy (non-hydrogen) atoms. The molecule has 3 nitrogen and oxygen atoms in total. The van der Waals surface area contributed by atoms with E-state index in [1.807, 2.05) is 19.9 Å². The molecule has 2 aromatic carbocycles. The summed E-state index contributed by atoms with van der Waals surface area (Å²) in [5.74, 6) is -1.06. The average Bonchev–Trinajstić information content (AvgIpc) is 3.67. The van der Waals surface area contributed by atoms with Crippen LogP contribution in [0.25, 0.3) is 0 Å². The molecular formula is C30H29F6NO2S. The third kappa shape index (κ3) is 4.59. The van der Waals surface area contributed by atoms with E-state index in [1.54, 1.807) is 55.5 Å². The first-order valence-electron chi connectivity index (χ1n) is 12.6. The summed E-state index contributed by atoms with van der Waals surface area (Å²) in [5.41, 5.74) is -6.04. The smallest absolute Gasteiger partial charge is 0.369 e. The zero-order valence-corrected chi connectivity index (χ0v) is 22.9. The van der Waals surface area contributed by atoms with Crippen molar-refractivity contribution in [3.05, 3.63) is 96.1 Å². The lowest BCUT2D eigenvalue weighted by atomic mass is 9.81. The summed E-state index contributed by atoms with van der Waals surface area (Å²) < 4.78 is 81.4. The normalized spacial score (nSPS) is 21.6. The van der Waals surface area contributed by atoms with E-state index in [1.165, 1.54) is 4.90 Å². The van der Waals surface area contributed by atoms with E-state index in [-0.39, 0.29) is 16.5 Å². The van der Waals surface area contributed by atoms with Gasteiger partial charge in [0.2, 0.25) is 5.91 Å². The molecule has 1 aliphatic carbocycles. The number of allylic oxidation sites excluding steroid dienone is 3. The number of benzene rings is 2. The molecule has 0 saturated heterocycles. The molecule has 214 valence electrons. The summed E-state index contributed by atoms with van der Waals surface area (Å²) in [7, 11) is 0. The molecule has 2 aromatic rings. The van der Waals surface area contributed by atoms with Crippen LogP contribution in [0.2, 0.25) is 0 Å². The minimum Gasteiger partial charge on any atom is -0.369 e. The van der Waals surface area contributed by atoms with Crippen molar-refractivity contribution in [3.8, 4) is 0 Å². The number of thioether (sulfide) groups is 1. The van der Waals surface area contributed by atoms with Crippen molar-refractivity contribution in [2.45, 2.75) is 72.7 Å². The molecule has 1 heterocycles. The zero-order chi connectivity index (χ0) is 29.7. The number of amides is 1. The molecule has 0 radical (unpaired) electrons. The molecule has 1 spiro atoms. The summed E-state index contributed by atoms with van der Waals surface area (Å²) in [6, 6.07) is 11.3. The second kappa shape index (κ2) is 10.1. The van der Waals surface area contributed by atoms with Crippen molar-refractivity contribution >= 4 is 23.4 Å². The summed E-state index contributed by atoms with van der Waals surface area (Å²) in [5, 5.41) is 10.1. The van der Waals surface area contributed by atoms with E-state index in [0.717, 1.165) is 17.8 Å². The summed E-state index contributed by atoms with van der Waals surface area (Å²) in [4.78, 5) is 15.8. The van der Waals surface area contributed by atoms with Crippen LogP contribution in [0.15, 0.2) is 89.9 Å². The Bertz CT molecular complexity index is 1350.